The summed E-state index contributed by atoms with van der Waals surface area (Å²) in [4.78, 5) is 25.0. The lowest BCUT2D eigenvalue weighted by atomic mass is 9.42. The van der Waals surface area contributed by atoms with Crippen LogP contribution in [0.5, 0.6) is 0 Å². The fraction of sp³-hybridized carbons (Fsp3) is 0.862. The number of carbonyl (C=O) groups is 2. The van der Waals surface area contributed by atoms with Crippen LogP contribution < -0.4 is 0 Å². The maximum Gasteiger partial charge on any atom is 0.331 e. The minimum atomic E-state index is -2.00. The number of hydrogen-bond acceptors (Lipinski definition) is 10. The van der Waals surface area contributed by atoms with Gasteiger partial charge >= 0.3 is 5.97 Å². The fourth-order valence-electron chi connectivity index (χ4n) is 10.2. The van der Waals surface area contributed by atoms with Crippen LogP contribution in [0.15, 0.2) is 11.6 Å². The molecule has 7 rings (SSSR count). The van der Waals surface area contributed by atoms with Gasteiger partial charge in [-0.05, 0) is 76.0 Å². The average molecular weight is 549 g/mol. The molecule has 4 N–H and O–H groups in total. The Morgan fingerprint density at radius 3 is 2.51 bits per heavy atom. The molecule has 216 valence electrons. The summed E-state index contributed by atoms with van der Waals surface area (Å²) in [5.41, 5.74) is -3.71. The van der Waals surface area contributed by atoms with Crippen LogP contribution in [0.2, 0.25) is 0 Å². The Morgan fingerprint density at radius 2 is 1.79 bits per heavy atom. The zero-order valence-electron chi connectivity index (χ0n) is 22.6. The molecule has 0 bridgehead atoms. The van der Waals surface area contributed by atoms with E-state index in [9.17, 15) is 30.0 Å². The van der Waals surface area contributed by atoms with Gasteiger partial charge in [-0.2, -0.15) is 0 Å². The summed E-state index contributed by atoms with van der Waals surface area (Å²) in [6.07, 6.45) is 3.29. The zero-order chi connectivity index (χ0) is 27.6. The summed E-state index contributed by atoms with van der Waals surface area (Å²) < 4.78 is 23.3. The van der Waals surface area contributed by atoms with Crippen LogP contribution in [0.4, 0.5) is 0 Å². The first-order valence-corrected chi connectivity index (χ1v) is 14.6. The van der Waals surface area contributed by atoms with Crippen molar-refractivity contribution in [2.24, 2.45) is 28.6 Å². The first-order valence-electron chi connectivity index (χ1n) is 14.6. The number of fused-ring (bicyclic) bond motifs is 7. The quantitative estimate of drug-likeness (QED) is 0.224. The minimum Gasteiger partial charge on any atom is -0.458 e. The predicted molar refractivity (Wildman–Crippen MR) is 133 cm³/mol. The van der Waals surface area contributed by atoms with Crippen molar-refractivity contribution >= 4 is 12.3 Å². The van der Waals surface area contributed by atoms with Gasteiger partial charge in [0.25, 0.3) is 0 Å². The molecule has 10 nitrogen and oxygen atoms in total. The minimum absolute atomic E-state index is 0.0232. The molecule has 0 spiro atoms. The molecule has 10 heteroatoms. The molecule has 0 amide bonds. The second kappa shape index (κ2) is 8.33. The number of rotatable bonds is 2. The monoisotopic (exact) mass is 548 g/mol. The third-order valence-electron chi connectivity index (χ3n) is 12.3. The third-order valence-corrected chi connectivity index (χ3v) is 12.3. The van der Waals surface area contributed by atoms with E-state index in [1.165, 1.54) is 6.08 Å². The molecule has 7 aliphatic rings. The standard InChI is InChI=1S/C29H40O10/c1-15-9-22(31)29(35)24(37-15)38-20-10-16-3-4-19-18(26(16,14-30)12-21(20)39-29)5-6-25(2)27(33,7-8-28(19,25)34)17-11-23(32)36-13-17/h11,14-16,18-22,24,31,33-35H,3-10,12-13H2,1-2H3/t15-,16-,18-,19-,20-,21-,22-,24-,25-,26-,27+,28+,29+/m1/s1. The van der Waals surface area contributed by atoms with E-state index >= 15 is 0 Å². The summed E-state index contributed by atoms with van der Waals surface area (Å²) in [7, 11) is 0. The summed E-state index contributed by atoms with van der Waals surface area (Å²) in [6, 6.07) is 0. The normalized spacial score (nSPS) is 58.2. The predicted octanol–water partition coefficient (Wildman–Crippen LogP) is 1.12. The van der Waals surface area contributed by atoms with Crippen LogP contribution in [0.3, 0.4) is 0 Å². The maximum absolute atomic E-state index is 13.1. The Kier molecular flexibility index (Phi) is 5.66. The van der Waals surface area contributed by atoms with Gasteiger partial charge in [0.2, 0.25) is 12.1 Å². The number of carbonyl (C=O) groups excluding carboxylic acids is 2. The molecule has 0 aromatic heterocycles. The summed E-state index contributed by atoms with van der Waals surface area (Å²) in [5.74, 6) is -2.79. The maximum atomic E-state index is 13.1. The van der Waals surface area contributed by atoms with Gasteiger partial charge in [0, 0.05) is 28.9 Å². The van der Waals surface area contributed by atoms with E-state index in [0.717, 1.165) is 19.1 Å². The summed E-state index contributed by atoms with van der Waals surface area (Å²) in [5, 5.41) is 46.4. The Bertz CT molecular complexity index is 1110. The van der Waals surface area contributed by atoms with Crippen molar-refractivity contribution in [1.29, 1.82) is 0 Å². The van der Waals surface area contributed by atoms with Crippen molar-refractivity contribution in [3.8, 4) is 0 Å². The summed E-state index contributed by atoms with van der Waals surface area (Å²) >= 11 is 0. The van der Waals surface area contributed by atoms with Crippen LogP contribution in [-0.2, 0) is 28.5 Å². The Labute approximate surface area is 227 Å². The molecule has 0 unspecified atom stereocenters. The van der Waals surface area contributed by atoms with E-state index in [1.54, 1.807) is 0 Å². The smallest absolute Gasteiger partial charge is 0.331 e. The van der Waals surface area contributed by atoms with Crippen LogP contribution in [0.1, 0.15) is 71.6 Å². The second-order valence-corrected chi connectivity index (χ2v) is 13.7. The van der Waals surface area contributed by atoms with Gasteiger partial charge in [-0.15, -0.1) is 0 Å². The van der Waals surface area contributed by atoms with Crippen molar-refractivity contribution in [2.75, 3.05) is 6.61 Å². The Hall–Kier alpha value is -1.40. The van der Waals surface area contributed by atoms with Gasteiger partial charge in [-0.25, -0.2) is 4.79 Å². The number of aldehydes is 1. The molecule has 0 aromatic rings. The van der Waals surface area contributed by atoms with Crippen molar-refractivity contribution < 1.29 is 49.0 Å². The first-order chi connectivity index (χ1) is 18.4. The van der Waals surface area contributed by atoms with Gasteiger partial charge in [0.15, 0.2) is 0 Å². The highest BCUT2D eigenvalue weighted by Gasteiger charge is 2.74. The van der Waals surface area contributed by atoms with E-state index in [-0.39, 0.29) is 43.0 Å². The number of esters is 1. The van der Waals surface area contributed by atoms with Gasteiger partial charge in [0.1, 0.15) is 19.0 Å². The number of aliphatic hydroxyl groups excluding tert-OH is 1. The molecular weight excluding hydrogens is 508 g/mol. The Morgan fingerprint density at radius 1 is 1.00 bits per heavy atom. The van der Waals surface area contributed by atoms with Gasteiger partial charge in [0.05, 0.1) is 29.5 Å². The van der Waals surface area contributed by atoms with Gasteiger partial charge in [-0.3, -0.25) is 0 Å². The highest BCUT2D eigenvalue weighted by molar-refractivity contribution is 5.86. The molecule has 0 aromatic carbocycles. The number of cyclic esters (lactones) is 1. The van der Waals surface area contributed by atoms with Crippen LogP contribution >= 0.6 is 0 Å². The molecule has 13 atom stereocenters. The highest BCUT2D eigenvalue weighted by atomic mass is 16.8. The number of aliphatic hydroxyl groups is 4. The van der Waals surface area contributed by atoms with Gasteiger partial charge < -0.3 is 44.2 Å². The topological polar surface area (TPSA) is 152 Å². The first kappa shape index (κ1) is 26.5. The molecular formula is C29H40O10. The number of ether oxygens (including phenoxy) is 4. The fourth-order valence-corrected chi connectivity index (χ4v) is 10.2. The molecule has 3 aliphatic heterocycles. The van der Waals surface area contributed by atoms with E-state index in [4.69, 9.17) is 18.9 Å². The molecule has 0 radical (unpaired) electrons. The molecule has 39 heavy (non-hydrogen) atoms. The second-order valence-electron chi connectivity index (χ2n) is 13.7. The van der Waals surface area contributed by atoms with Gasteiger partial charge in [-0.1, -0.05) is 6.92 Å². The van der Waals surface area contributed by atoms with E-state index in [1.807, 2.05) is 13.8 Å². The van der Waals surface area contributed by atoms with Crippen LogP contribution in [-0.4, -0.2) is 87.0 Å². The van der Waals surface area contributed by atoms with E-state index < -0.39 is 52.3 Å². The highest BCUT2D eigenvalue weighted by Crippen LogP contribution is 2.71. The van der Waals surface area contributed by atoms with Crippen molar-refractivity contribution in [1.82, 2.24) is 0 Å². The SMILES string of the molecule is C[C@@H]1C[C@@H](O)[C@]2(O)O[C@@H]3C[C@@]4(C=O)[C@H](CC[C@@H]5[C@H]4CC[C@]4(C)[C@@](O)(C6=CC(=O)OC6)CC[C@]54O)C[C@H]3O[C@H]2O1. The largest absolute Gasteiger partial charge is 0.458 e. The molecule has 4 saturated carbocycles. The van der Waals surface area contributed by atoms with Crippen molar-refractivity contribution in [3.63, 3.8) is 0 Å². The van der Waals surface area contributed by atoms with Crippen molar-refractivity contribution in [2.45, 2.75) is 119 Å². The lowest BCUT2D eigenvalue weighted by Crippen LogP contribution is -2.71. The summed E-state index contributed by atoms with van der Waals surface area (Å²) in [6.45, 7) is 3.78. The third kappa shape index (κ3) is 3.22. The lowest BCUT2D eigenvalue weighted by molar-refractivity contribution is -0.457. The van der Waals surface area contributed by atoms with E-state index in [0.29, 0.717) is 44.1 Å². The zero-order valence-corrected chi connectivity index (χ0v) is 22.6. The molecule has 4 aliphatic carbocycles. The molecule has 3 heterocycles. The lowest BCUT2D eigenvalue weighted by Gasteiger charge is -2.65. The van der Waals surface area contributed by atoms with Crippen molar-refractivity contribution in [3.05, 3.63) is 11.6 Å². The molecule has 2 saturated heterocycles. The van der Waals surface area contributed by atoms with E-state index in [2.05, 4.69) is 0 Å². The number of hydrogen-bond donors (Lipinski definition) is 4. The van der Waals surface area contributed by atoms with Crippen LogP contribution in [0.25, 0.3) is 0 Å². The average Bonchev–Trinajstić information content (AvgIpc) is 3.42. The Balaban J connectivity index is 1.20. The molecule has 6 fully saturated rings. The van der Waals surface area contributed by atoms with Crippen LogP contribution in [0, 0.1) is 28.6 Å².